The zero-order chi connectivity index (χ0) is 22.1. The first-order valence-corrected chi connectivity index (χ1v) is 12.1. The fraction of sp³-hybridized carbons (Fsp3) is 0.654. The van der Waals surface area contributed by atoms with Crippen molar-refractivity contribution in [1.29, 1.82) is 0 Å². The molecule has 1 heterocycles. The molecule has 0 amide bonds. The van der Waals surface area contributed by atoms with Gasteiger partial charge in [0.2, 0.25) is 0 Å². The smallest absolute Gasteiger partial charge is 0.346 e. The van der Waals surface area contributed by atoms with Crippen LogP contribution in [0.15, 0.2) is 27.4 Å². The van der Waals surface area contributed by atoms with E-state index in [0.717, 1.165) is 32.0 Å². The minimum Gasteiger partial charge on any atom is -0.491 e. The quantitative estimate of drug-likeness (QED) is 0.352. The van der Waals surface area contributed by atoms with Crippen LogP contribution >= 0.6 is 0 Å². The summed E-state index contributed by atoms with van der Waals surface area (Å²) in [5.74, 6) is 1.55. The molecule has 0 saturated heterocycles. The van der Waals surface area contributed by atoms with Gasteiger partial charge in [0.05, 0.1) is 6.61 Å². The summed E-state index contributed by atoms with van der Waals surface area (Å²) >= 11 is 0. The van der Waals surface area contributed by atoms with Gasteiger partial charge in [-0.1, -0.05) is 51.5 Å². The van der Waals surface area contributed by atoms with Crippen LogP contribution in [0.3, 0.4) is 0 Å². The Morgan fingerprint density at radius 1 is 1.03 bits per heavy atom. The average Bonchev–Trinajstić information content (AvgIpc) is 2.77. The molecule has 0 N–H and O–H groups in total. The number of rotatable bonds is 12. The Balaban J connectivity index is 1.45. The average molecular weight is 433 g/mol. The molecule has 0 bridgehead atoms. The molecular weight excluding hydrogens is 395 g/mol. The van der Waals surface area contributed by atoms with Gasteiger partial charge in [-0.05, 0) is 55.5 Å². The molecule has 31 heavy (non-hydrogen) atoms. The van der Waals surface area contributed by atoms with E-state index in [2.05, 4.69) is 6.92 Å². The normalized spacial score (nSPS) is 19.1. The summed E-state index contributed by atoms with van der Waals surface area (Å²) < 4.78 is 31.0. The van der Waals surface area contributed by atoms with Crippen molar-refractivity contribution in [2.75, 3.05) is 19.8 Å². The summed E-state index contributed by atoms with van der Waals surface area (Å²) in [4.78, 5) is 12.4. The maximum Gasteiger partial charge on any atom is 0.346 e. The molecule has 1 saturated carbocycles. The Morgan fingerprint density at radius 3 is 2.48 bits per heavy atom. The minimum atomic E-state index is -0.632. The molecule has 1 aromatic carbocycles. The van der Waals surface area contributed by atoms with Crippen molar-refractivity contribution in [3.8, 4) is 5.75 Å². The van der Waals surface area contributed by atoms with E-state index in [1.165, 1.54) is 51.4 Å². The fourth-order valence-electron chi connectivity index (χ4n) is 4.62. The van der Waals surface area contributed by atoms with Crippen LogP contribution in [0.4, 0.5) is 4.39 Å². The van der Waals surface area contributed by atoms with E-state index >= 15 is 0 Å². The van der Waals surface area contributed by atoms with Crippen molar-refractivity contribution in [3.05, 3.63) is 40.2 Å². The summed E-state index contributed by atoms with van der Waals surface area (Å²) in [6, 6.07) is 5.12. The second kappa shape index (κ2) is 12.2. The van der Waals surface area contributed by atoms with Crippen molar-refractivity contribution in [2.45, 2.75) is 78.1 Å². The van der Waals surface area contributed by atoms with Crippen LogP contribution in [-0.2, 0) is 11.2 Å². The van der Waals surface area contributed by atoms with E-state index in [1.807, 2.05) is 0 Å². The molecular formula is C26H37FO4. The molecule has 1 aromatic heterocycles. The fourth-order valence-corrected chi connectivity index (χ4v) is 4.62. The van der Waals surface area contributed by atoms with Crippen LogP contribution in [-0.4, -0.2) is 19.8 Å². The number of hydrogen-bond donors (Lipinski definition) is 0. The third-order valence-corrected chi connectivity index (χ3v) is 6.51. The molecule has 172 valence electrons. The Kier molecular flexibility index (Phi) is 9.38. The highest BCUT2D eigenvalue weighted by molar-refractivity contribution is 5.83. The lowest BCUT2D eigenvalue weighted by molar-refractivity contribution is 0.106. The third-order valence-electron chi connectivity index (χ3n) is 6.51. The zero-order valence-electron chi connectivity index (χ0n) is 19.1. The lowest BCUT2D eigenvalue weighted by Crippen LogP contribution is -2.17. The Morgan fingerprint density at radius 2 is 1.77 bits per heavy atom. The molecule has 1 aliphatic rings. The molecule has 2 aromatic rings. The van der Waals surface area contributed by atoms with Crippen molar-refractivity contribution in [3.63, 3.8) is 0 Å². The number of unbranched alkanes of at least 4 members (excludes halogenated alkanes) is 2. The van der Waals surface area contributed by atoms with Gasteiger partial charge in [0.1, 0.15) is 11.1 Å². The van der Waals surface area contributed by atoms with Gasteiger partial charge in [0.25, 0.3) is 0 Å². The molecule has 4 nitrogen and oxygen atoms in total. The summed E-state index contributed by atoms with van der Waals surface area (Å²) in [5, 5.41) is 0.557. The molecule has 5 heteroatoms. The van der Waals surface area contributed by atoms with E-state index < -0.39 is 11.4 Å². The Labute approximate surface area is 185 Å². The van der Waals surface area contributed by atoms with Crippen molar-refractivity contribution >= 4 is 10.8 Å². The van der Waals surface area contributed by atoms with Gasteiger partial charge >= 0.3 is 5.63 Å². The monoisotopic (exact) mass is 432 g/mol. The number of benzene rings is 1. The van der Waals surface area contributed by atoms with E-state index in [9.17, 15) is 9.18 Å². The zero-order valence-corrected chi connectivity index (χ0v) is 19.1. The van der Waals surface area contributed by atoms with Gasteiger partial charge in [0.15, 0.2) is 11.6 Å². The van der Waals surface area contributed by atoms with Gasteiger partial charge in [-0.2, -0.15) is 0 Å². The van der Waals surface area contributed by atoms with Gasteiger partial charge in [-0.3, -0.25) is 0 Å². The Bertz CT molecular complexity index is 868. The van der Waals surface area contributed by atoms with Crippen LogP contribution in [0.5, 0.6) is 5.75 Å². The van der Waals surface area contributed by atoms with E-state index in [-0.39, 0.29) is 11.1 Å². The van der Waals surface area contributed by atoms with Crippen LogP contribution in [0.25, 0.3) is 10.8 Å². The largest absolute Gasteiger partial charge is 0.491 e. The standard InChI is InChI=1S/C26H37FO4/c1-3-5-6-16-29-17-15-20-9-7-19(8-10-20)11-13-22-18-21-12-14-23(30-4-2)25(27)24(21)26(28)31-22/h12,14,18-20H,3-11,13,15-17H2,1-2H3. The molecule has 3 rings (SSSR count). The second-order valence-electron chi connectivity index (χ2n) is 8.81. The summed E-state index contributed by atoms with van der Waals surface area (Å²) in [7, 11) is 0. The first-order valence-electron chi connectivity index (χ1n) is 12.1. The summed E-state index contributed by atoms with van der Waals surface area (Å²) in [5.41, 5.74) is -0.616. The number of hydrogen-bond acceptors (Lipinski definition) is 4. The highest BCUT2D eigenvalue weighted by Crippen LogP contribution is 2.33. The van der Waals surface area contributed by atoms with Crippen molar-refractivity contribution in [2.24, 2.45) is 11.8 Å². The first-order chi connectivity index (χ1) is 15.1. The predicted molar refractivity (Wildman–Crippen MR) is 122 cm³/mol. The SMILES string of the molecule is CCCCCOCCC1CCC(CCc2cc3ccc(OCC)c(F)c3c(=O)o2)CC1. The topological polar surface area (TPSA) is 48.7 Å². The molecule has 0 unspecified atom stereocenters. The van der Waals surface area contributed by atoms with Crippen molar-refractivity contribution in [1.82, 2.24) is 0 Å². The molecule has 0 aliphatic heterocycles. The van der Waals surface area contributed by atoms with E-state index in [4.69, 9.17) is 13.9 Å². The lowest BCUT2D eigenvalue weighted by Gasteiger charge is -2.28. The highest BCUT2D eigenvalue weighted by Gasteiger charge is 2.21. The van der Waals surface area contributed by atoms with Gasteiger partial charge in [-0.25, -0.2) is 9.18 Å². The first kappa shape index (κ1) is 23.8. The summed E-state index contributed by atoms with van der Waals surface area (Å²) in [6.45, 7) is 6.13. The van der Waals surface area contributed by atoms with Crippen molar-refractivity contribution < 1.29 is 18.3 Å². The maximum atomic E-state index is 14.5. The van der Waals surface area contributed by atoms with Gasteiger partial charge < -0.3 is 13.9 Å². The number of halogens is 1. The number of ether oxygens (including phenoxy) is 2. The Hall–Kier alpha value is -1.88. The molecule has 0 radical (unpaired) electrons. The van der Waals surface area contributed by atoms with Crippen LogP contribution < -0.4 is 10.4 Å². The van der Waals surface area contributed by atoms with E-state index in [1.54, 1.807) is 25.1 Å². The van der Waals surface area contributed by atoms with Crippen LogP contribution in [0.1, 0.15) is 77.4 Å². The molecule has 1 aliphatic carbocycles. The van der Waals surface area contributed by atoms with E-state index in [0.29, 0.717) is 23.7 Å². The molecule has 0 spiro atoms. The number of fused-ring (bicyclic) bond motifs is 1. The number of aryl methyl sites for hydroxylation is 1. The molecule has 1 fully saturated rings. The van der Waals surface area contributed by atoms with Crippen LogP contribution in [0, 0.1) is 17.7 Å². The van der Waals surface area contributed by atoms with Crippen LogP contribution in [0.2, 0.25) is 0 Å². The predicted octanol–water partition coefficient (Wildman–Crippen LogP) is 6.67. The lowest BCUT2D eigenvalue weighted by atomic mass is 9.79. The maximum absolute atomic E-state index is 14.5. The summed E-state index contributed by atoms with van der Waals surface area (Å²) in [6.07, 6.45) is 11.5. The second-order valence-corrected chi connectivity index (χ2v) is 8.81. The third kappa shape index (κ3) is 6.80. The van der Waals surface area contributed by atoms with Gasteiger partial charge in [-0.15, -0.1) is 0 Å². The minimum absolute atomic E-state index is 0.0212. The highest BCUT2D eigenvalue weighted by atomic mass is 19.1. The molecule has 0 atom stereocenters. The van der Waals surface area contributed by atoms with Gasteiger partial charge in [0, 0.05) is 19.6 Å².